The summed E-state index contributed by atoms with van der Waals surface area (Å²) in [4.78, 5) is 0. The van der Waals surface area contributed by atoms with Crippen molar-refractivity contribution < 1.29 is 0 Å². The maximum absolute atomic E-state index is 4.57. The molecule has 0 saturated heterocycles. The van der Waals surface area contributed by atoms with E-state index in [1.165, 1.54) is 36.8 Å². The van der Waals surface area contributed by atoms with E-state index in [2.05, 4.69) is 52.6 Å². The summed E-state index contributed by atoms with van der Waals surface area (Å²) < 4.78 is 2.16. The van der Waals surface area contributed by atoms with Gasteiger partial charge in [0.25, 0.3) is 0 Å². The fraction of sp³-hybridized carbons (Fsp3) is 0.438. The predicted octanol–water partition coefficient (Wildman–Crippen LogP) is 3.25. The lowest BCUT2D eigenvalue weighted by molar-refractivity contribution is 0.278. The van der Waals surface area contributed by atoms with Crippen LogP contribution in [0.15, 0.2) is 42.7 Å². The molecule has 0 amide bonds. The third-order valence-electron chi connectivity index (χ3n) is 4.14. The summed E-state index contributed by atoms with van der Waals surface area (Å²) in [7, 11) is 2.06. The summed E-state index contributed by atoms with van der Waals surface area (Å²) in [5, 5.41) is 7.97. The Kier molecular flexibility index (Phi) is 3.65. The minimum atomic E-state index is 0.545. The van der Waals surface area contributed by atoms with Crippen LogP contribution >= 0.6 is 0 Å². The van der Waals surface area contributed by atoms with Gasteiger partial charge < -0.3 is 5.32 Å². The second-order valence-electron chi connectivity index (χ2n) is 5.38. The van der Waals surface area contributed by atoms with Crippen LogP contribution < -0.4 is 5.32 Å². The van der Waals surface area contributed by atoms with Crippen molar-refractivity contribution in [2.45, 2.75) is 37.8 Å². The van der Waals surface area contributed by atoms with Crippen LogP contribution in [0.3, 0.4) is 0 Å². The van der Waals surface area contributed by atoms with E-state index in [0.29, 0.717) is 12.1 Å². The Morgan fingerprint density at radius 2 is 2.00 bits per heavy atom. The molecule has 1 N–H and O–H groups in total. The smallest absolute Gasteiger partial charge is 0.0568 e. The van der Waals surface area contributed by atoms with E-state index in [4.69, 9.17) is 0 Å². The number of hydrogen-bond donors (Lipinski definition) is 1. The van der Waals surface area contributed by atoms with Crippen LogP contribution in [0, 0.1) is 0 Å². The molecule has 2 unspecified atom stereocenters. The van der Waals surface area contributed by atoms with E-state index < -0.39 is 0 Å². The van der Waals surface area contributed by atoms with Gasteiger partial charge in [-0.15, -0.1) is 0 Å². The van der Waals surface area contributed by atoms with E-state index in [1.54, 1.807) is 0 Å². The molecule has 1 heterocycles. The molecule has 3 heteroatoms. The SMILES string of the molecule is CNC1CCCC(n2cc(-c3ccccc3)cn2)C1. The zero-order valence-electron chi connectivity index (χ0n) is 11.4. The van der Waals surface area contributed by atoms with Crippen LogP contribution in [-0.2, 0) is 0 Å². The van der Waals surface area contributed by atoms with Gasteiger partial charge in [-0.3, -0.25) is 4.68 Å². The first kappa shape index (κ1) is 12.4. The van der Waals surface area contributed by atoms with Gasteiger partial charge >= 0.3 is 0 Å². The first-order valence-corrected chi connectivity index (χ1v) is 7.13. The van der Waals surface area contributed by atoms with Crippen molar-refractivity contribution in [1.82, 2.24) is 15.1 Å². The lowest BCUT2D eigenvalue weighted by atomic mass is 9.91. The van der Waals surface area contributed by atoms with Gasteiger partial charge in [0.05, 0.1) is 12.2 Å². The van der Waals surface area contributed by atoms with Crippen molar-refractivity contribution >= 4 is 0 Å². The Bertz CT molecular complexity index is 518. The Hall–Kier alpha value is -1.61. The molecule has 1 aromatic carbocycles. The average Bonchev–Trinajstić information content (AvgIpc) is 2.98. The molecule has 2 atom stereocenters. The summed E-state index contributed by atoms with van der Waals surface area (Å²) in [6, 6.07) is 11.7. The largest absolute Gasteiger partial charge is 0.317 e. The van der Waals surface area contributed by atoms with E-state index >= 15 is 0 Å². The number of rotatable bonds is 3. The second kappa shape index (κ2) is 5.57. The molecule has 3 rings (SSSR count). The van der Waals surface area contributed by atoms with Gasteiger partial charge in [0.1, 0.15) is 0 Å². The van der Waals surface area contributed by atoms with Crippen molar-refractivity contribution in [2.75, 3.05) is 7.05 Å². The van der Waals surface area contributed by atoms with E-state index in [-0.39, 0.29) is 0 Å². The summed E-state index contributed by atoms with van der Waals surface area (Å²) in [5.41, 5.74) is 2.46. The van der Waals surface area contributed by atoms with Crippen molar-refractivity contribution in [3.05, 3.63) is 42.7 Å². The molecular formula is C16H21N3. The first-order chi connectivity index (χ1) is 9.36. The maximum atomic E-state index is 4.57. The average molecular weight is 255 g/mol. The molecule has 2 aromatic rings. The Morgan fingerprint density at radius 3 is 2.79 bits per heavy atom. The maximum Gasteiger partial charge on any atom is 0.0568 e. The van der Waals surface area contributed by atoms with Gasteiger partial charge in [0.2, 0.25) is 0 Å². The fourth-order valence-electron chi connectivity index (χ4n) is 2.98. The van der Waals surface area contributed by atoms with Crippen LogP contribution in [0.4, 0.5) is 0 Å². The summed E-state index contributed by atoms with van der Waals surface area (Å²) in [5.74, 6) is 0. The van der Waals surface area contributed by atoms with Gasteiger partial charge in [-0.25, -0.2) is 0 Å². The summed E-state index contributed by atoms with van der Waals surface area (Å²) in [6.45, 7) is 0. The number of nitrogens with zero attached hydrogens (tertiary/aromatic N) is 2. The van der Waals surface area contributed by atoms with Crippen molar-refractivity contribution in [1.29, 1.82) is 0 Å². The summed E-state index contributed by atoms with van der Waals surface area (Å²) >= 11 is 0. The third kappa shape index (κ3) is 2.71. The Balaban J connectivity index is 1.78. The number of nitrogens with one attached hydrogen (secondary N) is 1. The highest BCUT2D eigenvalue weighted by Gasteiger charge is 2.22. The van der Waals surface area contributed by atoms with Gasteiger partial charge in [0.15, 0.2) is 0 Å². The zero-order valence-corrected chi connectivity index (χ0v) is 11.4. The fourth-order valence-corrected chi connectivity index (χ4v) is 2.98. The topological polar surface area (TPSA) is 29.9 Å². The van der Waals surface area contributed by atoms with E-state index in [0.717, 1.165) is 0 Å². The molecule has 100 valence electrons. The molecule has 0 spiro atoms. The van der Waals surface area contributed by atoms with Crippen molar-refractivity contribution in [3.63, 3.8) is 0 Å². The predicted molar refractivity (Wildman–Crippen MR) is 78.0 cm³/mol. The third-order valence-corrected chi connectivity index (χ3v) is 4.14. The molecule has 1 aliphatic rings. The molecule has 3 nitrogen and oxygen atoms in total. The molecule has 0 bridgehead atoms. The van der Waals surface area contributed by atoms with Gasteiger partial charge in [-0.05, 0) is 38.3 Å². The number of hydrogen-bond acceptors (Lipinski definition) is 2. The molecule has 0 aliphatic heterocycles. The molecule has 19 heavy (non-hydrogen) atoms. The Labute approximate surface area is 114 Å². The van der Waals surface area contributed by atoms with Crippen LogP contribution in [0.5, 0.6) is 0 Å². The monoisotopic (exact) mass is 255 g/mol. The van der Waals surface area contributed by atoms with Crippen molar-refractivity contribution in [2.24, 2.45) is 0 Å². The molecule has 0 radical (unpaired) electrons. The standard InChI is InChI=1S/C16H21N3/c1-17-15-8-5-9-16(10-15)19-12-14(11-18-19)13-6-3-2-4-7-13/h2-4,6-7,11-12,15-17H,5,8-10H2,1H3. The number of benzene rings is 1. The lowest BCUT2D eigenvalue weighted by Gasteiger charge is -2.29. The first-order valence-electron chi connectivity index (χ1n) is 7.13. The van der Waals surface area contributed by atoms with Crippen LogP contribution in [0.2, 0.25) is 0 Å². The minimum absolute atomic E-state index is 0.545. The molecule has 1 aliphatic carbocycles. The summed E-state index contributed by atoms with van der Waals surface area (Å²) in [6.07, 6.45) is 9.19. The second-order valence-corrected chi connectivity index (χ2v) is 5.38. The number of aromatic nitrogens is 2. The van der Waals surface area contributed by atoms with Crippen LogP contribution in [0.25, 0.3) is 11.1 Å². The van der Waals surface area contributed by atoms with Gasteiger partial charge in [0, 0.05) is 17.8 Å². The van der Waals surface area contributed by atoms with Crippen LogP contribution in [0.1, 0.15) is 31.7 Å². The van der Waals surface area contributed by atoms with E-state index in [1.807, 2.05) is 12.3 Å². The highest BCUT2D eigenvalue weighted by Crippen LogP contribution is 2.29. The molecular weight excluding hydrogens is 234 g/mol. The van der Waals surface area contributed by atoms with Crippen molar-refractivity contribution in [3.8, 4) is 11.1 Å². The highest BCUT2D eigenvalue weighted by molar-refractivity contribution is 5.61. The molecule has 1 fully saturated rings. The Morgan fingerprint density at radius 1 is 1.16 bits per heavy atom. The molecule has 1 saturated carbocycles. The normalized spacial score (nSPS) is 23.4. The van der Waals surface area contributed by atoms with Crippen LogP contribution in [-0.4, -0.2) is 22.9 Å². The minimum Gasteiger partial charge on any atom is -0.317 e. The van der Waals surface area contributed by atoms with E-state index in [9.17, 15) is 0 Å². The zero-order chi connectivity index (χ0) is 13.1. The molecule has 1 aromatic heterocycles. The lowest BCUT2D eigenvalue weighted by Crippen LogP contribution is -2.32. The van der Waals surface area contributed by atoms with Gasteiger partial charge in [-0.1, -0.05) is 30.3 Å². The van der Waals surface area contributed by atoms with Gasteiger partial charge in [-0.2, -0.15) is 5.10 Å². The quantitative estimate of drug-likeness (QED) is 0.912. The highest BCUT2D eigenvalue weighted by atomic mass is 15.3.